The zero-order valence-corrected chi connectivity index (χ0v) is 23.0. The number of nitrogens with one attached hydrogen (secondary N) is 1. The molecule has 6 rings (SSSR count). The highest BCUT2D eigenvalue weighted by atomic mass is 16.6. The van der Waals surface area contributed by atoms with Gasteiger partial charge in [-0.05, 0) is 57.4 Å². The minimum absolute atomic E-state index is 0.0131. The molecule has 1 aromatic carbocycles. The van der Waals surface area contributed by atoms with E-state index >= 15 is 0 Å². The van der Waals surface area contributed by atoms with E-state index in [1.165, 1.54) is 6.33 Å². The van der Waals surface area contributed by atoms with Crippen LogP contribution in [0.2, 0.25) is 0 Å². The molecule has 1 aliphatic carbocycles. The lowest BCUT2D eigenvalue weighted by atomic mass is 9.92. The summed E-state index contributed by atoms with van der Waals surface area (Å²) in [5, 5.41) is 3.41. The number of fused-ring (bicyclic) bond motifs is 2. The Hall–Kier alpha value is -3.60. The number of amides is 3. The standard InChI is InChI=1S/C28H36N6O5/c1-17-11-19(33-10-9-32(4)26(33)35)5-6-23(17)31-24-18(2)25(30-16-29-24)38-22-12-20-14-37-15-21(13-22)34(20)27(36)39-28(3)7-8-28/h5-6,11,16,20-22H,7-10,12-15H2,1-4H3,(H,29,30,31). The van der Waals surface area contributed by atoms with Crippen LogP contribution in [0.4, 0.5) is 26.8 Å². The molecular weight excluding hydrogens is 500 g/mol. The summed E-state index contributed by atoms with van der Waals surface area (Å²) in [4.78, 5) is 39.6. The van der Waals surface area contributed by atoms with E-state index in [2.05, 4.69) is 15.3 Å². The Labute approximate surface area is 228 Å². The molecule has 3 aliphatic heterocycles. The van der Waals surface area contributed by atoms with E-state index < -0.39 is 0 Å². The van der Waals surface area contributed by atoms with Crippen molar-refractivity contribution < 1.29 is 23.8 Å². The largest absolute Gasteiger partial charge is 0.474 e. The number of carbonyl (C=O) groups is 2. The Morgan fingerprint density at radius 2 is 1.87 bits per heavy atom. The van der Waals surface area contributed by atoms with Gasteiger partial charge in [0, 0.05) is 44.4 Å². The van der Waals surface area contributed by atoms with Crippen LogP contribution in [0.1, 0.15) is 43.7 Å². The predicted octanol–water partition coefficient (Wildman–Crippen LogP) is 4.01. The number of benzene rings is 1. The predicted molar refractivity (Wildman–Crippen MR) is 145 cm³/mol. The monoisotopic (exact) mass is 536 g/mol. The number of rotatable bonds is 6. The number of urea groups is 1. The summed E-state index contributed by atoms with van der Waals surface area (Å²) < 4.78 is 17.9. The van der Waals surface area contributed by atoms with Gasteiger partial charge < -0.3 is 24.4 Å². The van der Waals surface area contributed by atoms with Crippen LogP contribution in [0.25, 0.3) is 0 Å². The fourth-order valence-electron chi connectivity index (χ4n) is 5.61. The van der Waals surface area contributed by atoms with Crippen LogP contribution in [0, 0.1) is 13.8 Å². The normalized spacial score (nSPS) is 25.5. The van der Waals surface area contributed by atoms with Crippen molar-refractivity contribution in [3.63, 3.8) is 0 Å². The number of hydrogen-bond donors (Lipinski definition) is 1. The van der Waals surface area contributed by atoms with Gasteiger partial charge in [0.2, 0.25) is 5.88 Å². The smallest absolute Gasteiger partial charge is 0.410 e. The van der Waals surface area contributed by atoms with E-state index in [4.69, 9.17) is 14.2 Å². The quantitative estimate of drug-likeness (QED) is 0.590. The maximum absolute atomic E-state index is 12.9. The Bertz CT molecular complexity index is 1270. The first kappa shape index (κ1) is 25.7. The van der Waals surface area contributed by atoms with E-state index in [0.29, 0.717) is 44.3 Å². The number of carbonyl (C=O) groups excluding carboxylic acids is 2. The Morgan fingerprint density at radius 3 is 2.51 bits per heavy atom. The molecule has 4 heterocycles. The molecule has 2 bridgehead atoms. The molecule has 1 aromatic heterocycles. The average molecular weight is 537 g/mol. The van der Waals surface area contributed by atoms with Crippen molar-refractivity contribution in [2.75, 3.05) is 43.6 Å². The molecule has 39 heavy (non-hydrogen) atoms. The molecule has 3 saturated heterocycles. The van der Waals surface area contributed by atoms with E-state index in [-0.39, 0.29) is 35.9 Å². The summed E-state index contributed by atoms with van der Waals surface area (Å²) in [6, 6.07) is 5.77. The first-order valence-corrected chi connectivity index (χ1v) is 13.7. The number of ether oxygens (including phenoxy) is 3. The van der Waals surface area contributed by atoms with Gasteiger partial charge in [0.15, 0.2) is 0 Å². The van der Waals surface area contributed by atoms with Crippen LogP contribution in [0.15, 0.2) is 24.5 Å². The van der Waals surface area contributed by atoms with Crippen molar-refractivity contribution in [1.82, 2.24) is 19.8 Å². The fourth-order valence-corrected chi connectivity index (χ4v) is 5.61. The van der Waals surface area contributed by atoms with Gasteiger partial charge in [-0.2, -0.15) is 0 Å². The highest BCUT2D eigenvalue weighted by Crippen LogP contribution is 2.41. The van der Waals surface area contributed by atoms with Gasteiger partial charge in [0.1, 0.15) is 23.9 Å². The second-order valence-corrected chi connectivity index (χ2v) is 11.4. The highest BCUT2D eigenvalue weighted by Gasteiger charge is 2.48. The summed E-state index contributed by atoms with van der Waals surface area (Å²) in [5.41, 5.74) is 3.29. The molecule has 3 amide bonds. The van der Waals surface area contributed by atoms with Crippen LogP contribution >= 0.6 is 0 Å². The molecule has 1 N–H and O–H groups in total. The van der Waals surface area contributed by atoms with Crippen LogP contribution in [-0.4, -0.2) is 89.0 Å². The Kier molecular flexibility index (Phi) is 6.49. The number of hydrogen-bond acceptors (Lipinski definition) is 8. The lowest BCUT2D eigenvalue weighted by Crippen LogP contribution is -2.61. The van der Waals surface area contributed by atoms with E-state index in [9.17, 15) is 9.59 Å². The molecule has 11 nitrogen and oxygen atoms in total. The lowest BCUT2D eigenvalue weighted by molar-refractivity contribution is -0.0956. The van der Waals surface area contributed by atoms with Crippen molar-refractivity contribution in [1.29, 1.82) is 0 Å². The van der Waals surface area contributed by atoms with Crippen LogP contribution in [0.5, 0.6) is 5.88 Å². The molecular formula is C28H36N6O5. The van der Waals surface area contributed by atoms with Gasteiger partial charge >= 0.3 is 12.1 Å². The molecule has 0 spiro atoms. The number of aryl methyl sites for hydroxylation is 1. The minimum atomic E-state index is -0.304. The van der Waals surface area contributed by atoms with E-state index in [0.717, 1.165) is 41.9 Å². The molecule has 1 saturated carbocycles. The SMILES string of the molecule is Cc1cc(N2CCN(C)C2=O)ccc1Nc1ncnc(OC2CC3COCC(C2)N3C(=O)OC2(C)CC2)c1C. The number of morpholine rings is 1. The Morgan fingerprint density at radius 1 is 1.13 bits per heavy atom. The second kappa shape index (κ2) is 9.86. The molecule has 4 aliphatic rings. The third kappa shape index (κ3) is 5.07. The fraction of sp³-hybridized carbons (Fsp3) is 0.571. The van der Waals surface area contributed by atoms with Crippen molar-refractivity contribution >= 4 is 29.3 Å². The van der Waals surface area contributed by atoms with Crippen molar-refractivity contribution in [3.8, 4) is 5.88 Å². The summed E-state index contributed by atoms with van der Waals surface area (Å²) in [5.74, 6) is 1.19. The van der Waals surface area contributed by atoms with Crippen LogP contribution in [0.3, 0.4) is 0 Å². The number of nitrogens with zero attached hydrogens (tertiary/aromatic N) is 5. The van der Waals surface area contributed by atoms with Crippen LogP contribution in [-0.2, 0) is 9.47 Å². The maximum Gasteiger partial charge on any atom is 0.410 e. The number of aromatic nitrogens is 2. The summed E-state index contributed by atoms with van der Waals surface area (Å²) in [6.07, 6.45) is 4.32. The van der Waals surface area contributed by atoms with Crippen molar-refractivity contribution in [2.45, 2.75) is 70.2 Å². The summed E-state index contributed by atoms with van der Waals surface area (Å²) >= 11 is 0. The first-order chi connectivity index (χ1) is 18.7. The van der Waals surface area contributed by atoms with Gasteiger partial charge in [-0.1, -0.05) is 0 Å². The average Bonchev–Trinajstić information content (AvgIpc) is 3.53. The van der Waals surface area contributed by atoms with E-state index in [1.54, 1.807) is 9.80 Å². The second-order valence-electron chi connectivity index (χ2n) is 11.4. The summed E-state index contributed by atoms with van der Waals surface area (Å²) in [7, 11) is 1.81. The first-order valence-electron chi connectivity index (χ1n) is 13.7. The topological polar surface area (TPSA) is 109 Å². The van der Waals surface area contributed by atoms with Gasteiger partial charge in [0.05, 0.1) is 30.9 Å². The van der Waals surface area contributed by atoms with Gasteiger partial charge in [-0.15, -0.1) is 0 Å². The zero-order chi connectivity index (χ0) is 27.3. The third-order valence-electron chi connectivity index (χ3n) is 8.28. The molecule has 208 valence electrons. The molecule has 0 radical (unpaired) electrons. The number of likely N-dealkylation sites (N-methyl/N-ethyl adjacent to an activating group) is 1. The molecule has 2 atom stereocenters. The van der Waals surface area contributed by atoms with Crippen LogP contribution < -0.4 is 15.0 Å². The van der Waals surface area contributed by atoms with Gasteiger partial charge in [-0.3, -0.25) is 9.80 Å². The van der Waals surface area contributed by atoms with Crippen molar-refractivity contribution in [2.24, 2.45) is 0 Å². The zero-order valence-electron chi connectivity index (χ0n) is 23.0. The Balaban J connectivity index is 1.13. The molecule has 2 aromatic rings. The van der Waals surface area contributed by atoms with E-state index in [1.807, 2.05) is 50.9 Å². The number of piperidine rings is 1. The summed E-state index contributed by atoms with van der Waals surface area (Å²) in [6.45, 7) is 8.29. The molecule has 4 fully saturated rings. The van der Waals surface area contributed by atoms with Crippen molar-refractivity contribution in [3.05, 3.63) is 35.7 Å². The third-order valence-corrected chi connectivity index (χ3v) is 8.28. The number of anilines is 3. The van der Waals surface area contributed by atoms with Gasteiger partial charge in [-0.25, -0.2) is 19.6 Å². The molecule has 2 unspecified atom stereocenters. The minimum Gasteiger partial charge on any atom is -0.474 e. The molecule has 11 heteroatoms. The van der Waals surface area contributed by atoms with Gasteiger partial charge in [0.25, 0.3) is 0 Å². The highest BCUT2D eigenvalue weighted by molar-refractivity contribution is 5.94. The lowest BCUT2D eigenvalue weighted by Gasteiger charge is -2.47. The maximum atomic E-state index is 12.9.